The fourth-order valence-electron chi connectivity index (χ4n) is 3.28. The molecule has 1 fully saturated rings. The van der Waals surface area contributed by atoms with Crippen LogP contribution in [0, 0.1) is 11.8 Å². The number of carbonyl (C=O) groups is 3. The van der Waals surface area contributed by atoms with Gasteiger partial charge in [-0.25, -0.2) is 0 Å². The first kappa shape index (κ1) is 22.6. The highest BCUT2D eigenvalue weighted by molar-refractivity contribution is 5.83. The number of amides is 2. The Bertz CT molecular complexity index is 465. The number of carbonyl (C=O) groups excluding carboxylic acids is 3. The lowest BCUT2D eigenvalue weighted by Gasteiger charge is -2.29. The maximum absolute atomic E-state index is 12.0. The molecular formula is C20H40N2O4. The van der Waals surface area contributed by atoms with Gasteiger partial charge >= 0.3 is 0 Å². The molecule has 0 radical (unpaired) electrons. The van der Waals surface area contributed by atoms with E-state index in [9.17, 15) is 14.4 Å². The third-order valence-electron chi connectivity index (χ3n) is 4.75. The molecule has 2 amide bonds. The quantitative estimate of drug-likeness (QED) is 0.546. The maximum atomic E-state index is 12.0. The molecule has 26 heavy (non-hydrogen) atoms. The third-order valence-corrected chi connectivity index (χ3v) is 4.75. The van der Waals surface area contributed by atoms with Crippen LogP contribution in [0.1, 0.15) is 75.5 Å². The molecule has 0 saturated heterocycles. The van der Waals surface area contributed by atoms with Gasteiger partial charge in [0.2, 0.25) is 11.8 Å². The molecule has 0 heterocycles. The monoisotopic (exact) mass is 372 g/mol. The molecule has 0 aromatic heterocycles. The Kier molecular flexibility index (Phi) is 10.5. The summed E-state index contributed by atoms with van der Waals surface area (Å²) in [6.07, 6.45) is 4.88. The Hall–Kier alpha value is -1.43. The second-order valence-electron chi connectivity index (χ2n) is 7.80. The number of hydrogen-bond acceptors (Lipinski definition) is 4. The molecule has 1 rings (SSSR count). The fraction of sp³-hybridized carbons (Fsp3) is 0.850. The summed E-state index contributed by atoms with van der Waals surface area (Å²) in [6.45, 7) is 8.81. The Labute approximate surface area is 160 Å². The smallest absolute Gasteiger partial charge is 0.220 e. The van der Waals surface area contributed by atoms with E-state index in [1.165, 1.54) is 0 Å². The van der Waals surface area contributed by atoms with Gasteiger partial charge in [0, 0.05) is 40.1 Å². The molecule has 2 N–H and O–H groups in total. The van der Waals surface area contributed by atoms with Gasteiger partial charge in [-0.2, -0.15) is 0 Å². The summed E-state index contributed by atoms with van der Waals surface area (Å²) in [5, 5.41) is 5.83. The van der Waals surface area contributed by atoms with Crippen molar-refractivity contribution in [3.63, 3.8) is 0 Å². The molecule has 0 aliphatic heterocycles. The molecule has 1 saturated carbocycles. The average Bonchev–Trinajstić information content (AvgIpc) is 2.58. The molecule has 0 aromatic carbocycles. The van der Waals surface area contributed by atoms with Crippen LogP contribution in [0.25, 0.3) is 0 Å². The van der Waals surface area contributed by atoms with Crippen LogP contribution in [-0.4, -0.2) is 42.9 Å². The van der Waals surface area contributed by atoms with Gasteiger partial charge in [0.1, 0.15) is 5.78 Å². The van der Waals surface area contributed by atoms with Gasteiger partial charge in [-0.3, -0.25) is 14.4 Å². The van der Waals surface area contributed by atoms with Crippen molar-refractivity contribution >= 4 is 17.6 Å². The lowest BCUT2D eigenvalue weighted by atomic mass is 9.80. The van der Waals surface area contributed by atoms with Crippen molar-refractivity contribution in [2.45, 2.75) is 84.8 Å². The first-order valence-electron chi connectivity index (χ1n) is 10.0. The molecule has 154 valence electrons. The van der Waals surface area contributed by atoms with Crippen molar-refractivity contribution < 1.29 is 22.0 Å². The molecule has 6 nitrogen and oxygen atoms in total. The van der Waals surface area contributed by atoms with E-state index >= 15 is 0 Å². The standard InChI is InChI=1S/C20H36N2O4.2H2/c1-14(2)20(25)16-8-10-17(11-9-16)22-19(24)7-5-6-18(23)21-12-13-26-15(3)4;;/h14-17H,5-13H2,1-4H3,(H,21,23)(H,22,24);2*1H. The van der Waals surface area contributed by atoms with Crippen LogP contribution >= 0.6 is 0 Å². The lowest BCUT2D eigenvalue weighted by molar-refractivity contribution is -0.127. The average molecular weight is 373 g/mol. The normalized spacial score (nSPS) is 20.2. The molecule has 1 aliphatic carbocycles. The fourth-order valence-corrected chi connectivity index (χ4v) is 3.28. The minimum Gasteiger partial charge on any atom is -0.377 e. The molecule has 0 bridgehead atoms. The predicted octanol–water partition coefficient (Wildman–Crippen LogP) is 3.09. The van der Waals surface area contributed by atoms with Gasteiger partial charge in [-0.1, -0.05) is 13.8 Å². The topological polar surface area (TPSA) is 84.5 Å². The van der Waals surface area contributed by atoms with Gasteiger partial charge in [0.25, 0.3) is 0 Å². The van der Waals surface area contributed by atoms with Crippen LogP contribution in [0.4, 0.5) is 0 Å². The largest absolute Gasteiger partial charge is 0.377 e. The van der Waals surface area contributed by atoms with Crippen molar-refractivity contribution in [1.29, 1.82) is 0 Å². The Balaban J connectivity index is 0. The van der Waals surface area contributed by atoms with Gasteiger partial charge in [0.05, 0.1) is 12.7 Å². The number of nitrogens with one attached hydrogen (secondary N) is 2. The predicted molar refractivity (Wildman–Crippen MR) is 106 cm³/mol. The maximum Gasteiger partial charge on any atom is 0.220 e. The number of rotatable bonds is 11. The summed E-state index contributed by atoms with van der Waals surface area (Å²) in [4.78, 5) is 35.7. The van der Waals surface area contributed by atoms with E-state index in [-0.39, 0.29) is 38.6 Å². The zero-order valence-corrected chi connectivity index (χ0v) is 16.8. The Morgan fingerprint density at radius 3 is 2.19 bits per heavy atom. The van der Waals surface area contributed by atoms with Crippen molar-refractivity contribution in [2.24, 2.45) is 11.8 Å². The van der Waals surface area contributed by atoms with Gasteiger partial charge in [-0.05, 0) is 46.0 Å². The molecule has 6 heteroatoms. The van der Waals surface area contributed by atoms with Crippen LogP contribution in [0.5, 0.6) is 0 Å². The van der Waals surface area contributed by atoms with Gasteiger partial charge in [-0.15, -0.1) is 0 Å². The van der Waals surface area contributed by atoms with Crippen LogP contribution in [-0.2, 0) is 19.1 Å². The first-order chi connectivity index (χ1) is 12.3. The SMILES string of the molecule is CC(C)OCCNC(=O)CCCC(=O)NC1CCC(C(=O)C(C)C)CC1.[HH].[HH]. The first-order valence-corrected chi connectivity index (χ1v) is 10.0. The molecule has 0 unspecified atom stereocenters. The minimum atomic E-state index is -0.0436. The summed E-state index contributed by atoms with van der Waals surface area (Å²) in [5.41, 5.74) is 0. The van der Waals surface area contributed by atoms with Crippen LogP contribution in [0.15, 0.2) is 0 Å². The van der Waals surface area contributed by atoms with E-state index in [1.54, 1.807) is 0 Å². The van der Waals surface area contributed by atoms with Crippen molar-refractivity contribution in [3.8, 4) is 0 Å². The summed E-state index contributed by atoms with van der Waals surface area (Å²) >= 11 is 0. The molecule has 1 aliphatic rings. The number of hydrogen-bond donors (Lipinski definition) is 2. The van der Waals surface area contributed by atoms with Crippen LogP contribution < -0.4 is 10.6 Å². The number of ether oxygens (including phenoxy) is 1. The molecular weight excluding hydrogens is 332 g/mol. The van der Waals surface area contributed by atoms with Crippen molar-refractivity contribution in [1.82, 2.24) is 10.6 Å². The Morgan fingerprint density at radius 2 is 1.62 bits per heavy atom. The van der Waals surface area contributed by atoms with Gasteiger partial charge < -0.3 is 15.4 Å². The van der Waals surface area contributed by atoms with Crippen LogP contribution in [0.3, 0.4) is 0 Å². The van der Waals surface area contributed by atoms with E-state index in [0.29, 0.717) is 38.2 Å². The van der Waals surface area contributed by atoms with E-state index in [0.717, 1.165) is 25.7 Å². The molecule has 0 aromatic rings. The highest BCUT2D eigenvalue weighted by Gasteiger charge is 2.28. The molecule has 0 spiro atoms. The van der Waals surface area contributed by atoms with E-state index in [2.05, 4.69) is 10.6 Å². The number of Topliss-reactive ketones (excluding diaryl/α,β-unsaturated/α-hetero) is 1. The summed E-state index contributed by atoms with van der Waals surface area (Å²) in [7, 11) is 0. The van der Waals surface area contributed by atoms with E-state index in [4.69, 9.17) is 4.74 Å². The summed E-state index contributed by atoms with van der Waals surface area (Å²) in [5.74, 6) is 0.553. The zero-order valence-electron chi connectivity index (χ0n) is 16.8. The minimum absolute atomic E-state index is 0. The van der Waals surface area contributed by atoms with Crippen molar-refractivity contribution in [2.75, 3.05) is 13.2 Å². The highest BCUT2D eigenvalue weighted by Crippen LogP contribution is 2.27. The van der Waals surface area contributed by atoms with E-state index in [1.807, 2.05) is 27.7 Å². The highest BCUT2D eigenvalue weighted by atomic mass is 16.5. The summed E-state index contributed by atoms with van der Waals surface area (Å²) in [6, 6.07) is 0.167. The summed E-state index contributed by atoms with van der Waals surface area (Å²) < 4.78 is 5.35. The lowest BCUT2D eigenvalue weighted by Crippen LogP contribution is -2.39. The zero-order chi connectivity index (χ0) is 19.5. The van der Waals surface area contributed by atoms with E-state index < -0.39 is 0 Å². The third kappa shape index (κ3) is 9.32. The molecule has 0 atom stereocenters. The van der Waals surface area contributed by atoms with Gasteiger partial charge in [0.15, 0.2) is 0 Å². The second kappa shape index (κ2) is 12.0. The second-order valence-corrected chi connectivity index (χ2v) is 7.80. The number of ketones is 1. The van der Waals surface area contributed by atoms with Crippen molar-refractivity contribution in [3.05, 3.63) is 0 Å². The van der Waals surface area contributed by atoms with Crippen LogP contribution in [0.2, 0.25) is 0 Å². The Morgan fingerprint density at radius 1 is 1.00 bits per heavy atom.